The van der Waals surface area contributed by atoms with Crippen LogP contribution in [0.15, 0.2) is 36.7 Å². The minimum absolute atomic E-state index is 0.134. The number of hydrogen-bond acceptors (Lipinski definition) is 5. The third kappa shape index (κ3) is 4.22. The summed E-state index contributed by atoms with van der Waals surface area (Å²) >= 11 is 0. The number of aromatic nitrogens is 2. The first-order valence-corrected chi connectivity index (χ1v) is 9.07. The van der Waals surface area contributed by atoms with Gasteiger partial charge in [0.2, 0.25) is 0 Å². The van der Waals surface area contributed by atoms with Gasteiger partial charge in [0.25, 0.3) is 0 Å². The number of piperidine rings is 1. The molecule has 0 bridgehead atoms. The average Bonchev–Trinajstić information content (AvgIpc) is 2.61. The predicted octanol–water partition coefficient (Wildman–Crippen LogP) is 3.82. The third-order valence-electron chi connectivity index (χ3n) is 5.27. The van der Waals surface area contributed by atoms with E-state index in [9.17, 15) is 13.2 Å². The second-order valence-electron chi connectivity index (χ2n) is 7.03. The van der Waals surface area contributed by atoms with Gasteiger partial charge in [0.1, 0.15) is 11.6 Å². The number of anilines is 2. The van der Waals surface area contributed by atoms with E-state index in [-0.39, 0.29) is 5.82 Å². The molecule has 0 radical (unpaired) electrons. The molecule has 2 fully saturated rings. The van der Waals surface area contributed by atoms with Crippen LogP contribution in [0.25, 0.3) is 0 Å². The molecule has 2 aromatic heterocycles. The molecule has 2 aliphatic heterocycles. The number of ether oxygens (including phenoxy) is 1. The van der Waals surface area contributed by atoms with Crippen LogP contribution in [-0.2, 0) is 10.9 Å². The van der Waals surface area contributed by atoms with Gasteiger partial charge in [-0.25, -0.2) is 9.97 Å². The van der Waals surface area contributed by atoms with Crippen molar-refractivity contribution in [3.63, 3.8) is 0 Å². The Labute approximate surface area is 155 Å². The smallest absolute Gasteiger partial charge is 0.378 e. The first-order valence-electron chi connectivity index (χ1n) is 9.07. The van der Waals surface area contributed by atoms with Gasteiger partial charge in [0, 0.05) is 12.4 Å². The Balaban J connectivity index is 1.42. The Morgan fingerprint density at radius 1 is 1.00 bits per heavy atom. The maximum Gasteiger partial charge on any atom is 0.416 e. The van der Waals surface area contributed by atoms with E-state index in [1.807, 2.05) is 12.1 Å². The summed E-state index contributed by atoms with van der Waals surface area (Å²) in [6.07, 6.45) is 0.559. The lowest BCUT2D eigenvalue weighted by atomic mass is 9.89. The van der Waals surface area contributed by atoms with Crippen LogP contribution in [0.1, 0.15) is 29.9 Å². The summed E-state index contributed by atoms with van der Waals surface area (Å²) in [5, 5.41) is 2.89. The van der Waals surface area contributed by atoms with Crippen LogP contribution in [0.2, 0.25) is 0 Å². The van der Waals surface area contributed by atoms with E-state index in [0.717, 1.165) is 63.0 Å². The summed E-state index contributed by atoms with van der Waals surface area (Å²) < 4.78 is 43.8. The van der Waals surface area contributed by atoms with Gasteiger partial charge >= 0.3 is 6.18 Å². The number of nitrogens with zero attached hydrogens (tertiary/aromatic N) is 3. The number of nitrogens with one attached hydrogen (secondary N) is 1. The van der Waals surface area contributed by atoms with Gasteiger partial charge in [-0.3, -0.25) is 4.90 Å². The summed E-state index contributed by atoms with van der Waals surface area (Å²) in [5.74, 6) is 1.07. The maximum atomic E-state index is 12.8. The normalized spacial score (nSPS) is 19.7. The zero-order chi connectivity index (χ0) is 18.9. The number of alkyl halides is 3. The molecule has 4 rings (SSSR count). The Morgan fingerprint density at radius 3 is 2.30 bits per heavy atom. The van der Waals surface area contributed by atoms with Gasteiger partial charge in [-0.05, 0) is 61.7 Å². The summed E-state index contributed by atoms with van der Waals surface area (Å²) in [5.41, 5.74) is 0.424. The van der Waals surface area contributed by atoms with Gasteiger partial charge < -0.3 is 10.1 Å². The molecular weight excluding hydrogens is 357 g/mol. The van der Waals surface area contributed by atoms with Crippen LogP contribution in [0.3, 0.4) is 0 Å². The molecule has 0 unspecified atom stereocenters. The molecular formula is C19H21F3N4O. The second-order valence-corrected chi connectivity index (χ2v) is 7.03. The van der Waals surface area contributed by atoms with Gasteiger partial charge in [0.05, 0.1) is 24.8 Å². The molecule has 8 heteroatoms. The Kier molecular flexibility index (Phi) is 5.01. The number of likely N-dealkylation sites (tertiary alicyclic amines) is 1. The largest absolute Gasteiger partial charge is 0.416 e. The van der Waals surface area contributed by atoms with Crippen molar-refractivity contribution in [3.05, 3.63) is 47.8 Å². The summed E-state index contributed by atoms with van der Waals surface area (Å²) in [6.45, 7) is 3.74. The predicted molar refractivity (Wildman–Crippen MR) is 94.9 cm³/mol. The lowest BCUT2D eigenvalue weighted by molar-refractivity contribution is -0.137. The minimum atomic E-state index is -4.39. The molecule has 5 nitrogen and oxygen atoms in total. The van der Waals surface area contributed by atoms with E-state index in [1.165, 1.54) is 0 Å². The average molecular weight is 378 g/mol. The van der Waals surface area contributed by atoms with E-state index in [4.69, 9.17) is 4.74 Å². The second kappa shape index (κ2) is 7.44. The van der Waals surface area contributed by atoms with Crippen molar-refractivity contribution < 1.29 is 17.9 Å². The first-order chi connectivity index (χ1) is 13.0. The molecule has 1 N–H and O–H groups in total. The van der Waals surface area contributed by atoms with Crippen LogP contribution >= 0.6 is 0 Å². The lowest BCUT2D eigenvalue weighted by Crippen LogP contribution is -2.51. The van der Waals surface area contributed by atoms with E-state index in [0.29, 0.717) is 17.8 Å². The third-order valence-corrected chi connectivity index (χ3v) is 5.27. The van der Waals surface area contributed by atoms with Crippen molar-refractivity contribution in [1.82, 2.24) is 14.9 Å². The molecule has 0 aliphatic carbocycles. The van der Waals surface area contributed by atoms with Gasteiger partial charge in [-0.1, -0.05) is 0 Å². The van der Waals surface area contributed by atoms with Crippen molar-refractivity contribution >= 4 is 11.6 Å². The van der Waals surface area contributed by atoms with Crippen LogP contribution < -0.4 is 5.32 Å². The van der Waals surface area contributed by atoms with E-state index in [2.05, 4.69) is 20.2 Å². The van der Waals surface area contributed by atoms with E-state index >= 15 is 0 Å². The molecule has 27 heavy (non-hydrogen) atoms. The number of hydrogen-bond donors (Lipinski definition) is 1. The summed E-state index contributed by atoms with van der Waals surface area (Å²) in [7, 11) is 0. The van der Waals surface area contributed by atoms with Crippen molar-refractivity contribution in [3.8, 4) is 0 Å². The van der Waals surface area contributed by atoms with E-state index < -0.39 is 11.7 Å². The quantitative estimate of drug-likeness (QED) is 0.877. The standard InChI is InChI=1S/C19H21F3N4O/c20-19(21,22)15-2-6-24-18(10-15)25-17-9-14(1-5-23-17)13-3-7-26(8-4-13)16-11-27-12-16/h1-2,5-6,9-10,13,16H,3-4,7-8,11-12H2,(H,23,24,25). The molecule has 0 spiro atoms. The molecule has 2 aromatic rings. The highest BCUT2D eigenvalue weighted by atomic mass is 19.4. The highest BCUT2D eigenvalue weighted by Crippen LogP contribution is 2.32. The number of pyridine rings is 2. The number of halogens is 3. The van der Waals surface area contributed by atoms with Crippen molar-refractivity contribution in [2.24, 2.45) is 0 Å². The van der Waals surface area contributed by atoms with Crippen molar-refractivity contribution in [2.75, 3.05) is 31.6 Å². The molecule has 0 aromatic carbocycles. The SMILES string of the molecule is FC(F)(F)c1ccnc(Nc2cc(C3CCN(C4COC4)CC3)ccn2)c1. The maximum absolute atomic E-state index is 12.8. The van der Waals surface area contributed by atoms with Gasteiger partial charge in [0.15, 0.2) is 0 Å². The Hall–Kier alpha value is -2.19. The Bertz CT molecular complexity index is 787. The lowest BCUT2D eigenvalue weighted by Gasteiger charge is -2.41. The molecule has 4 heterocycles. The number of rotatable bonds is 4. The van der Waals surface area contributed by atoms with Crippen LogP contribution in [0.5, 0.6) is 0 Å². The molecule has 0 atom stereocenters. The molecule has 2 aliphatic rings. The zero-order valence-corrected chi connectivity index (χ0v) is 14.7. The minimum Gasteiger partial charge on any atom is -0.378 e. The fraction of sp³-hybridized carbons (Fsp3) is 0.474. The topological polar surface area (TPSA) is 50.3 Å². The highest BCUT2D eigenvalue weighted by molar-refractivity contribution is 5.53. The van der Waals surface area contributed by atoms with Crippen LogP contribution in [0, 0.1) is 0 Å². The first kappa shape index (κ1) is 18.2. The molecule has 144 valence electrons. The van der Waals surface area contributed by atoms with Crippen LogP contribution in [0.4, 0.5) is 24.8 Å². The van der Waals surface area contributed by atoms with Gasteiger partial charge in [-0.2, -0.15) is 13.2 Å². The van der Waals surface area contributed by atoms with Crippen molar-refractivity contribution in [1.29, 1.82) is 0 Å². The highest BCUT2D eigenvalue weighted by Gasteiger charge is 2.31. The fourth-order valence-corrected chi connectivity index (χ4v) is 3.61. The van der Waals surface area contributed by atoms with E-state index in [1.54, 1.807) is 6.20 Å². The molecule has 0 saturated carbocycles. The molecule has 2 saturated heterocycles. The van der Waals surface area contributed by atoms with Crippen LogP contribution in [-0.4, -0.2) is 47.2 Å². The fourth-order valence-electron chi connectivity index (χ4n) is 3.61. The Morgan fingerprint density at radius 2 is 1.67 bits per heavy atom. The summed E-state index contributed by atoms with van der Waals surface area (Å²) in [6, 6.07) is 6.41. The van der Waals surface area contributed by atoms with Gasteiger partial charge in [-0.15, -0.1) is 0 Å². The molecule has 0 amide bonds. The zero-order valence-electron chi connectivity index (χ0n) is 14.7. The summed E-state index contributed by atoms with van der Waals surface area (Å²) in [4.78, 5) is 10.7. The van der Waals surface area contributed by atoms with Crippen molar-refractivity contribution in [2.45, 2.75) is 31.0 Å². The monoisotopic (exact) mass is 378 g/mol.